The van der Waals surface area contributed by atoms with E-state index in [-0.39, 0.29) is 11.9 Å². The second-order valence-electron chi connectivity index (χ2n) is 9.22. The summed E-state index contributed by atoms with van der Waals surface area (Å²) < 4.78 is 30.0. The van der Waals surface area contributed by atoms with E-state index in [1.807, 2.05) is 46.9 Å². The van der Waals surface area contributed by atoms with E-state index >= 15 is 0 Å². The van der Waals surface area contributed by atoms with E-state index in [1.54, 1.807) is 16.4 Å². The third-order valence-electron chi connectivity index (χ3n) is 7.11. The van der Waals surface area contributed by atoms with Gasteiger partial charge in [0.15, 0.2) is 0 Å². The summed E-state index contributed by atoms with van der Waals surface area (Å²) in [5.41, 5.74) is 3.41. The van der Waals surface area contributed by atoms with Gasteiger partial charge in [0, 0.05) is 43.3 Å². The van der Waals surface area contributed by atoms with Crippen LogP contribution in [-0.2, 0) is 27.8 Å². The maximum atomic E-state index is 13.3. The first-order valence-corrected chi connectivity index (χ1v) is 13.4. The minimum absolute atomic E-state index is 0.0864. The van der Waals surface area contributed by atoms with Gasteiger partial charge in [0.25, 0.3) is 0 Å². The number of rotatable bonds is 4. The van der Waals surface area contributed by atoms with Gasteiger partial charge in [-0.05, 0) is 61.6 Å². The van der Waals surface area contributed by atoms with Crippen LogP contribution in [0.25, 0.3) is 10.9 Å². The molecule has 0 bridgehead atoms. The monoisotopic (exact) mass is 465 g/mol. The Morgan fingerprint density at radius 3 is 2.39 bits per heavy atom. The highest BCUT2D eigenvalue weighted by molar-refractivity contribution is 7.89. The SMILES string of the molecule is C[C@@H](C(=O)N1CCc2ccccc2C1)n1ccc2cc(S(=O)(=O)N3CCCCCC3)ccc21. The summed E-state index contributed by atoms with van der Waals surface area (Å²) in [5.74, 6) is 0.0864. The molecular weight excluding hydrogens is 434 g/mol. The zero-order chi connectivity index (χ0) is 23.0. The lowest BCUT2D eigenvalue weighted by Crippen LogP contribution is -2.39. The van der Waals surface area contributed by atoms with Crippen LogP contribution in [0.2, 0.25) is 0 Å². The molecule has 1 amide bonds. The van der Waals surface area contributed by atoms with Crippen LogP contribution in [0.1, 0.15) is 49.8 Å². The highest BCUT2D eigenvalue weighted by Gasteiger charge is 2.28. The Balaban J connectivity index is 1.38. The quantitative estimate of drug-likeness (QED) is 0.575. The van der Waals surface area contributed by atoms with Gasteiger partial charge in [0.05, 0.1) is 4.90 Å². The van der Waals surface area contributed by atoms with Crippen molar-refractivity contribution in [1.29, 1.82) is 0 Å². The first kappa shape index (κ1) is 22.2. The fraction of sp³-hybridized carbons (Fsp3) is 0.423. The molecule has 0 radical (unpaired) electrons. The number of carbonyl (C=O) groups excluding carboxylic acids is 1. The van der Waals surface area contributed by atoms with Gasteiger partial charge in [-0.1, -0.05) is 37.1 Å². The predicted molar refractivity (Wildman–Crippen MR) is 129 cm³/mol. The summed E-state index contributed by atoms with van der Waals surface area (Å²) in [6, 6.07) is 15.1. The molecule has 0 spiro atoms. The molecule has 2 aliphatic heterocycles. The van der Waals surface area contributed by atoms with Crippen LogP contribution >= 0.6 is 0 Å². The molecule has 2 aliphatic rings. The van der Waals surface area contributed by atoms with Crippen molar-refractivity contribution in [3.63, 3.8) is 0 Å². The van der Waals surface area contributed by atoms with Crippen LogP contribution in [0.5, 0.6) is 0 Å². The second kappa shape index (κ2) is 8.95. The minimum Gasteiger partial charge on any atom is -0.336 e. The number of fused-ring (bicyclic) bond motifs is 2. The van der Waals surface area contributed by atoms with E-state index in [2.05, 4.69) is 12.1 Å². The van der Waals surface area contributed by atoms with Crippen LogP contribution < -0.4 is 0 Å². The van der Waals surface area contributed by atoms with Crippen molar-refractivity contribution in [1.82, 2.24) is 13.8 Å². The highest BCUT2D eigenvalue weighted by atomic mass is 32.2. The van der Waals surface area contributed by atoms with E-state index in [4.69, 9.17) is 0 Å². The second-order valence-corrected chi connectivity index (χ2v) is 11.2. The maximum absolute atomic E-state index is 13.3. The average molecular weight is 466 g/mol. The molecule has 0 saturated carbocycles. The van der Waals surface area contributed by atoms with Crippen LogP contribution in [0.4, 0.5) is 0 Å². The van der Waals surface area contributed by atoms with Crippen molar-refractivity contribution in [2.45, 2.75) is 56.5 Å². The van der Waals surface area contributed by atoms with Crippen molar-refractivity contribution >= 4 is 26.8 Å². The fourth-order valence-corrected chi connectivity index (χ4v) is 6.69. The lowest BCUT2D eigenvalue weighted by atomic mass is 9.99. The molecule has 7 heteroatoms. The molecule has 174 valence electrons. The molecule has 1 fully saturated rings. The van der Waals surface area contributed by atoms with Crippen LogP contribution in [0.3, 0.4) is 0 Å². The van der Waals surface area contributed by atoms with Gasteiger partial charge < -0.3 is 9.47 Å². The largest absolute Gasteiger partial charge is 0.336 e. The third-order valence-corrected chi connectivity index (χ3v) is 9.01. The summed E-state index contributed by atoms with van der Waals surface area (Å²) in [6.07, 6.45) is 6.77. The fourth-order valence-electron chi connectivity index (χ4n) is 5.14. The Morgan fingerprint density at radius 2 is 1.64 bits per heavy atom. The minimum atomic E-state index is -3.50. The molecule has 3 aromatic rings. The molecule has 1 saturated heterocycles. The van der Waals surface area contributed by atoms with E-state index < -0.39 is 10.0 Å². The van der Waals surface area contributed by atoms with Crippen molar-refractivity contribution in [2.75, 3.05) is 19.6 Å². The smallest absolute Gasteiger partial charge is 0.245 e. The maximum Gasteiger partial charge on any atom is 0.245 e. The number of benzene rings is 2. The standard InChI is InChI=1S/C26H31N3O3S/c1-20(26(30)27-16-12-21-8-4-5-9-23(21)19-27)29-17-13-22-18-24(10-11-25(22)29)33(31,32)28-14-6-2-3-7-15-28/h4-5,8-11,13,17-18,20H,2-3,6-7,12,14-16,19H2,1H3/t20-/m0/s1. The van der Waals surface area contributed by atoms with Crippen molar-refractivity contribution < 1.29 is 13.2 Å². The zero-order valence-corrected chi connectivity index (χ0v) is 19.9. The summed E-state index contributed by atoms with van der Waals surface area (Å²) in [4.78, 5) is 15.6. The number of sulfonamides is 1. The van der Waals surface area contributed by atoms with Gasteiger partial charge in [-0.3, -0.25) is 4.79 Å². The summed E-state index contributed by atoms with van der Waals surface area (Å²) in [6.45, 7) is 4.45. The number of carbonyl (C=O) groups is 1. The van der Waals surface area contributed by atoms with Gasteiger partial charge in [-0.15, -0.1) is 0 Å². The van der Waals surface area contributed by atoms with E-state index in [0.717, 1.165) is 49.6 Å². The Morgan fingerprint density at radius 1 is 0.909 bits per heavy atom. The Labute approximate surface area is 195 Å². The van der Waals surface area contributed by atoms with E-state index in [0.29, 0.717) is 24.5 Å². The Kier molecular flexibility index (Phi) is 6.01. The van der Waals surface area contributed by atoms with Crippen molar-refractivity contribution in [2.24, 2.45) is 0 Å². The molecule has 0 unspecified atom stereocenters. The van der Waals surface area contributed by atoms with Gasteiger partial charge in [-0.2, -0.15) is 4.31 Å². The molecule has 0 aliphatic carbocycles. The average Bonchev–Trinajstić information content (AvgIpc) is 3.06. The highest BCUT2D eigenvalue weighted by Crippen LogP contribution is 2.28. The first-order chi connectivity index (χ1) is 15.9. The predicted octanol–water partition coefficient (Wildman–Crippen LogP) is 4.35. The number of nitrogens with zero attached hydrogens (tertiary/aromatic N) is 3. The molecule has 2 aromatic carbocycles. The van der Waals surface area contributed by atoms with Crippen molar-refractivity contribution in [3.8, 4) is 0 Å². The number of aromatic nitrogens is 1. The number of hydrogen-bond donors (Lipinski definition) is 0. The first-order valence-electron chi connectivity index (χ1n) is 11.9. The van der Waals surface area contributed by atoms with Crippen molar-refractivity contribution in [3.05, 3.63) is 65.9 Å². The lowest BCUT2D eigenvalue weighted by Gasteiger charge is -2.31. The molecule has 3 heterocycles. The Hall–Kier alpha value is -2.64. The van der Waals surface area contributed by atoms with Gasteiger partial charge >= 0.3 is 0 Å². The lowest BCUT2D eigenvalue weighted by molar-refractivity contribution is -0.135. The van der Waals surface area contributed by atoms with Crippen LogP contribution in [-0.4, -0.2) is 47.7 Å². The van der Waals surface area contributed by atoms with E-state index in [9.17, 15) is 13.2 Å². The van der Waals surface area contributed by atoms with Gasteiger partial charge in [0.1, 0.15) is 6.04 Å². The summed E-state index contributed by atoms with van der Waals surface area (Å²) >= 11 is 0. The molecule has 1 atom stereocenters. The molecule has 33 heavy (non-hydrogen) atoms. The summed E-state index contributed by atoms with van der Waals surface area (Å²) in [7, 11) is -3.50. The number of amides is 1. The molecule has 1 aromatic heterocycles. The normalized spacial score (nSPS) is 18.6. The molecule has 5 rings (SSSR count). The number of hydrogen-bond acceptors (Lipinski definition) is 3. The molecule has 0 N–H and O–H groups in total. The third kappa shape index (κ3) is 4.20. The van der Waals surface area contributed by atoms with Crippen LogP contribution in [0, 0.1) is 0 Å². The van der Waals surface area contributed by atoms with Gasteiger partial charge in [-0.25, -0.2) is 8.42 Å². The van der Waals surface area contributed by atoms with E-state index in [1.165, 1.54) is 11.1 Å². The Bertz CT molecular complexity index is 1270. The zero-order valence-electron chi connectivity index (χ0n) is 19.1. The summed E-state index contributed by atoms with van der Waals surface area (Å²) in [5, 5.41) is 0.842. The molecular formula is C26H31N3O3S. The topological polar surface area (TPSA) is 62.6 Å². The van der Waals surface area contributed by atoms with Crippen LogP contribution in [0.15, 0.2) is 59.6 Å². The molecule has 6 nitrogen and oxygen atoms in total. The van der Waals surface area contributed by atoms with Gasteiger partial charge in [0.2, 0.25) is 15.9 Å².